The quantitative estimate of drug-likeness (QED) is 0.780. The van der Waals surface area contributed by atoms with Gasteiger partial charge in [0.15, 0.2) is 0 Å². The normalized spacial score (nSPS) is 18.6. The maximum absolute atomic E-state index is 5.73. The number of rotatable bonds is 5. The van der Waals surface area contributed by atoms with Gasteiger partial charge in [-0.2, -0.15) is 0 Å². The van der Waals surface area contributed by atoms with Crippen LogP contribution in [0.25, 0.3) is 0 Å². The number of pyridine rings is 1. The fraction of sp³-hybridized carbons (Fsp3) is 0.462. The smallest absolute Gasteiger partial charge is 0.137 e. The standard InChI is InChI=1S/C13H18N2O.2ClH/c1-2-8-15-9-4-5-12(15)11-16-13-6-3-7-14-10-13;;/h2-3,6-7,10,12H,1,4-5,8-9,11H2;2*1H/t12-;;/m0../s1. The molecule has 2 rings (SSSR count). The molecule has 0 unspecified atom stereocenters. The zero-order chi connectivity index (χ0) is 11.2. The molecule has 18 heavy (non-hydrogen) atoms. The summed E-state index contributed by atoms with van der Waals surface area (Å²) in [5.74, 6) is 0.855. The van der Waals surface area contributed by atoms with Crippen LogP contribution < -0.4 is 4.74 Å². The van der Waals surface area contributed by atoms with Crippen LogP contribution in [0.5, 0.6) is 5.75 Å². The average Bonchev–Trinajstić information content (AvgIpc) is 2.76. The molecule has 0 N–H and O–H groups in total. The second-order valence-electron chi connectivity index (χ2n) is 4.08. The predicted octanol–water partition coefficient (Wildman–Crippen LogP) is 2.95. The summed E-state index contributed by atoms with van der Waals surface area (Å²) in [4.78, 5) is 6.45. The van der Waals surface area contributed by atoms with Gasteiger partial charge in [0.05, 0.1) is 6.20 Å². The summed E-state index contributed by atoms with van der Waals surface area (Å²) in [6.07, 6.45) is 7.95. The molecule has 0 saturated carbocycles. The minimum absolute atomic E-state index is 0. The number of hydrogen-bond acceptors (Lipinski definition) is 3. The second-order valence-corrected chi connectivity index (χ2v) is 4.08. The molecule has 0 aliphatic carbocycles. The zero-order valence-electron chi connectivity index (χ0n) is 10.3. The SMILES string of the molecule is C=CCN1CCC[C@H]1COc1cccnc1.Cl.Cl. The van der Waals surface area contributed by atoms with E-state index in [1.807, 2.05) is 18.2 Å². The van der Waals surface area contributed by atoms with Gasteiger partial charge in [0.1, 0.15) is 12.4 Å². The Hall–Kier alpha value is -0.770. The van der Waals surface area contributed by atoms with Crippen molar-refractivity contribution < 1.29 is 4.74 Å². The Labute approximate surface area is 121 Å². The lowest BCUT2D eigenvalue weighted by atomic mass is 10.2. The molecule has 0 bridgehead atoms. The van der Waals surface area contributed by atoms with Crippen LogP contribution in [0.4, 0.5) is 0 Å². The molecule has 0 spiro atoms. The van der Waals surface area contributed by atoms with Crippen molar-refractivity contribution in [2.75, 3.05) is 19.7 Å². The van der Waals surface area contributed by atoms with Crippen LogP contribution in [0, 0.1) is 0 Å². The van der Waals surface area contributed by atoms with E-state index in [4.69, 9.17) is 4.74 Å². The summed E-state index contributed by atoms with van der Waals surface area (Å²) >= 11 is 0. The summed E-state index contributed by atoms with van der Waals surface area (Å²) in [7, 11) is 0. The van der Waals surface area contributed by atoms with E-state index in [-0.39, 0.29) is 24.8 Å². The van der Waals surface area contributed by atoms with E-state index in [2.05, 4.69) is 16.5 Å². The predicted molar refractivity (Wildman–Crippen MR) is 79.0 cm³/mol. The summed E-state index contributed by atoms with van der Waals surface area (Å²) < 4.78 is 5.73. The third-order valence-electron chi connectivity index (χ3n) is 2.94. The van der Waals surface area contributed by atoms with Crippen LogP contribution in [0.1, 0.15) is 12.8 Å². The lowest BCUT2D eigenvalue weighted by molar-refractivity contribution is 0.184. The van der Waals surface area contributed by atoms with Gasteiger partial charge in [-0.3, -0.25) is 9.88 Å². The largest absolute Gasteiger partial charge is 0.490 e. The van der Waals surface area contributed by atoms with E-state index in [1.54, 1.807) is 12.4 Å². The number of nitrogens with zero attached hydrogens (tertiary/aromatic N) is 2. The number of aromatic nitrogens is 1. The van der Waals surface area contributed by atoms with Gasteiger partial charge >= 0.3 is 0 Å². The van der Waals surface area contributed by atoms with Gasteiger partial charge in [0, 0.05) is 18.8 Å². The molecule has 102 valence electrons. The minimum Gasteiger partial charge on any atom is -0.490 e. The Bertz CT molecular complexity index is 335. The molecule has 0 amide bonds. The van der Waals surface area contributed by atoms with Crippen LogP contribution in [0.3, 0.4) is 0 Å². The van der Waals surface area contributed by atoms with Gasteiger partial charge < -0.3 is 4.74 Å². The molecule has 3 nitrogen and oxygen atoms in total. The first-order valence-corrected chi connectivity index (χ1v) is 5.78. The number of likely N-dealkylation sites (tertiary alicyclic amines) is 1. The monoisotopic (exact) mass is 290 g/mol. The Morgan fingerprint density at radius 2 is 2.33 bits per heavy atom. The van der Waals surface area contributed by atoms with Gasteiger partial charge in [0.2, 0.25) is 0 Å². The molecule has 0 aromatic carbocycles. The number of hydrogen-bond donors (Lipinski definition) is 0. The van der Waals surface area contributed by atoms with Gasteiger partial charge in [-0.05, 0) is 31.5 Å². The fourth-order valence-corrected chi connectivity index (χ4v) is 2.11. The van der Waals surface area contributed by atoms with E-state index < -0.39 is 0 Å². The first-order valence-electron chi connectivity index (χ1n) is 5.78. The Morgan fingerprint density at radius 1 is 1.50 bits per heavy atom. The molecular weight excluding hydrogens is 271 g/mol. The summed E-state index contributed by atoms with van der Waals surface area (Å²) in [5.41, 5.74) is 0. The third-order valence-corrected chi connectivity index (χ3v) is 2.94. The molecule has 2 heterocycles. The molecule has 5 heteroatoms. The summed E-state index contributed by atoms with van der Waals surface area (Å²) in [6.45, 7) is 6.65. The van der Waals surface area contributed by atoms with Crippen LogP contribution in [0.15, 0.2) is 37.2 Å². The van der Waals surface area contributed by atoms with E-state index in [0.29, 0.717) is 6.04 Å². The molecule has 1 aromatic rings. The van der Waals surface area contributed by atoms with E-state index in [0.717, 1.165) is 25.4 Å². The maximum atomic E-state index is 5.73. The van der Waals surface area contributed by atoms with E-state index in [9.17, 15) is 0 Å². The van der Waals surface area contributed by atoms with Gasteiger partial charge in [0.25, 0.3) is 0 Å². The highest BCUT2D eigenvalue weighted by molar-refractivity contribution is 5.85. The van der Waals surface area contributed by atoms with Crippen LogP contribution in [-0.4, -0.2) is 35.6 Å². The van der Waals surface area contributed by atoms with Crippen molar-refractivity contribution in [2.45, 2.75) is 18.9 Å². The molecule has 1 aliphatic rings. The van der Waals surface area contributed by atoms with Crippen molar-refractivity contribution in [3.63, 3.8) is 0 Å². The van der Waals surface area contributed by atoms with Gasteiger partial charge in [-0.1, -0.05) is 6.08 Å². The highest BCUT2D eigenvalue weighted by atomic mass is 35.5. The van der Waals surface area contributed by atoms with E-state index in [1.165, 1.54) is 12.8 Å². The minimum atomic E-state index is 0. The summed E-state index contributed by atoms with van der Waals surface area (Å²) in [6, 6.07) is 4.36. The Kier molecular flexibility index (Phi) is 8.81. The zero-order valence-corrected chi connectivity index (χ0v) is 12.0. The molecule has 1 atom stereocenters. The van der Waals surface area contributed by atoms with Crippen molar-refractivity contribution in [3.05, 3.63) is 37.2 Å². The number of ether oxygens (including phenoxy) is 1. The highest BCUT2D eigenvalue weighted by Crippen LogP contribution is 2.18. The average molecular weight is 291 g/mol. The fourth-order valence-electron chi connectivity index (χ4n) is 2.11. The topological polar surface area (TPSA) is 25.4 Å². The summed E-state index contributed by atoms with van der Waals surface area (Å²) in [5, 5.41) is 0. The van der Waals surface area contributed by atoms with Gasteiger partial charge in [-0.15, -0.1) is 31.4 Å². The lowest BCUT2D eigenvalue weighted by Crippen LogP contribution is -2.34. The van der Waals surface area contributed by atoms with E-state index >= 15 is 0 Å². The molecule has 1 aromatic heterocycles. The molecule has 1 fully saturated rings. The van der Waals surface area contributed by atoms with Crippen molar-refractivity contribution in [2.24, 2.45) is 0 Å². The molecule has 1 saturated heterocycles. The van der Waals surface area contributed by atoms with Crippen molar-refractivity contribution in [3.8, 4) is 5.75 Å². The molecule has 1 aliphatic heterocycles. The molecule has 0 radical (unpaired) electrons. The van der Waals surface area contributed by atoms with Crippen LogP contribution in [-0.2, 0) is 0 Å². The maximum Gasteiger partial charge on any atom is 0.137 e. The van der Waals surface area contributed by atoms with Crippen LogP contribution >= 0.6 is 24.8 Å². The van der Waals surface area contributed by atoms with Crippen molar-refractivity contribution in [1.82, 2.24) is 9.88 Å². The lowest BCUT2D eigenvalue weighted by Gasteiger charge is -2.22. The Balaban J connectivity index is 0.00000144. The second kappa shape index (κ2) is 9.20. The highest BCUT2D eigenvalue weighted by Gasteiger charge is 2.23. The Morgan fingerprint density at radius 3 is 3.00 bits per heavy atom. The van der Waals surface area contributed by atoms with Crippen LogP contribution in [0.2, 0.25) is 0 Å². The van der Waals surface area contributed by atoms with Crippen molar-refractivity contribution in [1.29, 1.82) is 0 Å². The molecular formula is C13H20Cl2N2O. The van der Waals surface area contributed by atoms with Gasteiger partial charge in [-0.25, -0.2) is 0 Å². The third kappa shape index (κ3) is 4.84. The van der Waals surface area contributed by atoms with Crippen molar-refractivity contribution >= 4 is 24.8 Å². The first kappa shape index (κ1) is 17.2. The number of halogens is 2. The first-order chi connectivity index (χ1) is 7.90.